The molecule has 0 radical (unpaired) electrons. The monoisotopic (exact) mass is 207 g/mol. The Labute approximate surface area is 94.0 Å². The molecule has 3 fully saturated rings. The lowest BCUT2D eigenvalue weighted by Crippen LogP contribution is -2.36. The molecular formula is C14H25N. The molecule has 1 nitrogen and oxygen atoms in total. The molecule has 0 aromatic carbocycles. The smallest absolute Gasteiger partial charge is 0.00413 e. The van der Waals surface area contributed by atoms with E-state index in [-0.39, 0.29) is 0 Å². The Morgan fingerprint density at radius 2 is 2.00 bits per heavy atom. The molecule has 1 heterocycles. The molecule has 1 saturated heterocycles. The summed E-state index contributed by atoms with van der Waals surface area (Å²) in [5.41, 5.74) is 0. The first-order valence-corrected chi connectivity index (χ1v) is 7.04. The van der Waals surface area contributed by atoms with Crippen molar-refractivity contribution in [3.8, 4) is 0 Å². The van der Waals surface area contributed by atoms with Gasteiger partial charge in [-0.15, -0.1) is 0 Å². The molecule has 3 aliphatic rings. The molecule has 0 aromatic rings. The van der Waals surface area contributed by atoms with Gasteiger partial charge in [-0.2, -0.15) is 0 Å². The highest BCUT2D eigenvalue weighted by Crippen LogP contribution is 2.50. The van der Waals surface area contributed by atoms with E-state index in [1.165, 1.54) is 19.4 Å². The van der Waals surface area contributed by atoms with Crippen molar-refractivity contribution in [3.05, 3.63) is 0 Å². The second kappa shape index (κ2) is 4.08. The Morgan fingerprint density at radius 1 is 1.07 bits per heavy atom. The summed E-state index contributed by atoms with van der Waals surface area (Å²) < 4.78 is 0. The van der Waals surface area contributed by atoms with Crippen LogP contribution < -0.4 is 5.32 Å². The van der Waals surface area contributed by atoms with Gasteiger partial charge in [-0.25, -0.2) is 0 Å². The highest BCUT2D eigenvalue weighted by atomic mass is 14.9. The molecule has 1 aliphatic heterocycles. The lowest BCUT2D eigenvalue weighted by Gasteiger charge is -2.32. The molecular weight excluding hydrogens is 182 g/mol. The van der Waals surface area contributed by atoms with Gasteiger partial charge in [-0.3, -0.25) is 0 Å². The van der Waals surface area contributed by atoms with Gasteiger partial charge in [-0.05, 0) is 75.7 Å². The maximum Gasteiger partial charge on any atom is 0.00413 e. The molecule has 2 bridgehead atoms. The van der Waals surface area contributed by atoms with E-state index in [4.69, 9.17) is 0 Å². The Morgan fingerprint density at radius 3 is 2.67 bits per heavy atom. The average molecular weight is 207 g/mol. The lowest BCUT2D eigenvalue weighted by atomic mass is 9.78. The minimum Gasteiger partial charge on any atom is -0.314 e. The molecule has 0 spiro atoms. The van der Waals surface area contributed by atoms with Crippen LogP contribution in [0.2, 0.25) is 0 Å². The molecule has 15 heavy (non-hydrogen) atoms. The molecule has 5 unspecified atom stereocenters. The van der Waals surface area contributed by atoms with Crippen LogP contribution in [0.25, 0.3) is 0 Å². The van der Waals surface area contributed by atoms with Crippen LogP contribution in [-0.2, 0) is 0 Å². The van der Waals surface area contributed by atoms with E-state index in [1.807, 2.05) is 0 Å². The maximum absolute atomic E-state index is 3.57. The number of piperidine rings is 1. The number of nitrogens with one attached hydrogen (secondary N) is 1. The van der Waals surface area contributed by atoms with Crippen LogP contribution in [0, 0.1) is 23.7 Å². The van der Waals surface area contributed by atoms with E-state index < -0.39 is 0 Å². The van der Waals surface area contributed by atoms with Gasteiger partial charge in [-0.1, -0.05) is 6.42 Å². The lowest BCUT2D eigenvalue weighted by molar-refractivity contribution is 0.218. The van der Waals surface area contributed by atoms with E-state index >= 15 is 0 Å². The van der Waals surface area contributed by atoms with Crippen LogP contribution in [0.15, 0.2) is 0 Å². The van der Waals surface area contributed by atoms with E-state index in [0.717, 1.165) is 29.7 Å². The van der Waals surface area contributed by atoms with Crippen molar-refractivity contribution in [2.45, 2.75) is 57.9 Å². The van der Waals surface area contributed by atoms with Gasteiger partial charge in [0.1, 0.15) is 0 Å². The summed E-state index contributed by atoms with van der Waals surface area (Å²) in [6.07, 6.45) is 10.7. The zero-order valence-electron chi connectivity index (χ0n) is 10.0. The predicted molar refractivity (Wildman–Crippen MR) is 63.7 cm³/mol. The van der Waals surface area contributed by atoms with E-state index in [2.05, 4.69) is 12.2 Å². The number of hydrogen-bond donors (Lipinski definition) is 1. The first-order chi connectivity index (χ1) is 7.31. The molecule has 86 valence electrons. The van der Waals surface area contributed by atoms with Crippen LogP contribution in [0.4, 0.5) is 0 Å². The van der Waals surface area contributed by atoms with Gasteiger partial charge < -0.3 is 5.32 Å². The summed E-state index contributed by atoms with van der Waals surface area (Å²) in [4.78, 5) is 0. The average Bonchev–Trinajstić information content (AvgIpc) is 2.79. The van der Waals surface area contributed by atoms with Crippen molar-refractivity contribution in [1.82, 2.24) is 5.32 Å². The predicted octanol–water partition coefficient (Wildman–Crippen LogP) is 3.20. The third kappa shape index (κ3) is 2.08. The van der Waals surface area contributed by atoms with Crippen LogP contribution in [0.5, 0.6) is 0 Å². The first kappa shape index (κ1) is 10.1. The Kier molecular flexibility index (Phi) is 2.76. The van der Waals surface area contributed by atoms with Crippen LogP contribution in [0.1, 0.15) is 51.9 Å². The fourth-order valence-electron chi connectivity index (χ4n) is 4.54. The van der Waals surface area contributed by atoms with Gasteiger partial charge in [0.25, 0.3) is 0 Å². The molecule has 1 heteroatoms. The number of rotatable bonds is 2. The number of hydrogen-bond acceptors (Lipinski definition) is 1. The summed E-state index contributed by atoms with van der Waals surface area (Å²) >= 11 is 0. The summed E-state index contributed by atoms with van der Waals surface area (Å²) in [5.74, 6) is 4.45. The van der Waals surface area contributed by atoms with E-state index in [1.54, 1.807) is 32.1 Å². The Hall–Kier alpha value is -0.0400. The molecule has 5 atom stereocenters. The Bertz CT molecular complexity index is 225. The van der Waals surface area contributed by atoms with Crippen LogP contribution >= 0.6 is 0 Å². The third-order valence-corrected chi connectivity index (χ3v) is 5.25. The quantitative estimate of drug-likeness (QED) is 0.733. The summed E-state index contributed by atoms with van der Waals surface area (Å²) in [7, 11) is 0. The molecule has 0 aromatic heterocycles. The van der Waals surface area contributed by atoms with Gasteiger partial charge in [0.05, 0.1) is 0 Å². The van der Waals surface area contributed by atoms with Crippen molar-refractivity contribution >= 4 is 0 Å². The van der Waals surface area contributed by atoms with Crippen molar-refractivity contribution in [2.24, 2.45) is 23.7 Å². The SMILES string of the molecule is CC1CC(CC2CC3CCC2C3)CCN1. The fourth-order valence-corrected chi connectivity index (χ4v) is 4.54. The normalized spacial score (nSPS) is 49.8. The van der Waals surface area contributed by atoms with E-state index in [0.29, 0.717) is 0 Å². The van der Waals surface area contributed by atoms with Crippen molar-refractivity contribution in [1.29, 1.82) is 0 Å². The highest BCUT2D eigenvalue weighted by Gasteiger charge is 2.40. The highest BCUT2D eigenvalue weighted by molar-refractivity contribution is 4.91. The standard InChI is InChI=1S/C14H25N/c1-10-6-12(4-5-15-10)9-14-8-11-2-3-13(14)7-11/h10-15H,2-9H2,1H3. The second-order valence-corrected chi connectivity index (χ2v) is 6.42. The minimum absolute atomic E-state index is 0.780. The molecule has 2 aliphatic carbocycles. The summed E-state index contributed by atoms with van der Waals surface area (Å²) in [6, 6.07) is 0.780. The first-order valence-electron chi connectivity index (χ1n) is 7.04. The zero-order valence-corrected chi connectivity index (χ0v) is 10.0. The molecule has 1 N–H and O–H groups in total. The number of fused-ring (bicyclic) bond motifs is 2. The van der Waals surface area contributed by atoms with Crippen molar-refractivity contribution in [3.63, 3.8) is 0 Å². The fraction of sp³-hybridized carbons (Fsp3) is 1.00. The molecule has 3 rings (SSSR count). The van der Waals surface area contributed by atoms with E-state index in [9.17, 15) is 0 Å². The molecule has 2 saturated carbocycles. The van der Waals surface area contributed by atoms with Gasteiger partial charge in [0, 0.05) is 6.04 Å². The van der Waals surface area contributed by atoms with Gasteiger partial charge in [0.15, 0.2) is 0 Å². The summed E-state index contributed by atoms with van der Waals surface area (Å²) in [5, 5.41) is 3.57. The minimum atomic E-state index is 0.780. The second-order valence-electron chi connectivity index (χ2n) is 6.42. The topological polar surface area (TPSA) is 12.0 Å². The van der Waals surface area contributed by atoms with Crippen LogP contribution in [0.3, 0.4) is 0 Å². The maximum atomic E-state index is 3.57. The zero-order chi connectivity index (χ0) is 10.3. The van der Waals surface area contributed by atoms with Crippen LogP contribution in [-0.4, -0.2) is 12.6 Å². The van der Waals surface area contributed by atoms with Gasteiger partial charge >= 0.3 is 0 Å². The molecule has 0 amide bonds. The third-order valence-electron chi connectivity index (χ3n) is 5.25. The van der Waals surface area contributed by atoms with Crippen molar-refractivity contribution < 1.29 is 0 Å². The largest absolute Gasteiger partial charge is 0.314 e. The van der Waals surface area contributed by atoms with Crippen molar-refractivity contribution in [2.75, 3.05) is 6.54 Å². The van der Waals surface area contributed by atoms with Gasteiger partial charge in [0.2, 0.25) is 0 Å². The Balaban J connectivity index is 1.52. The summed E-state index contributed by atoms with van der Waals surface area (Å²) in [6.45, 7) is 3.62.